The van der Waals surface area contributed by atoms with E-state index in [-0.39, 0.29) is 0 Å². The van der Waals surface area contributed by atoms with E-state index in [9.17, 15) is 0 Å². The van der Waals surface area contributed by atoms with E-state index in [1.54, 1.807) is 0 Å². The lowest BCUT2D eigenvalue weighted by atomic mass is 10.3. The number of aromatic nitrogens is 2. The molecule has 1 aromatic carbocycles. The molecule has 100 valence electrons. The molecule has 0 atom stereocenters. The number of benzene rings is 1. The van der Waals surface area contributed by atoms with Crippen LogP contribution >= 0.6 is 38.5 Å². The molecular formula is C13H13BrIN3O. The van der Waals surface area contributed by atoms with Crippen LogP contribution in [0.15, 0.2) is 35.1 Å². The van der Waals surface area contributed by atoms with E-state index >= 15 is 0 Å². The molecule has 1 heterocycles. The SMILES string of the molecule is CCCNc1ncnc(Oc2cccc(I)c2)c1Br. The van der Waals surface area contributed by atoms with Crippen molar-refractivity contribution in [3.8, 4) is 11.6 Å². The molecule has 6 heteroatoms. The summed E-state index contributed by atoms with van der Waals surface area (Å²) in [6.07, 6.45) is 2.52. The van der Waals surface area contributed by atoms with Gasteiger partial charge in [-0.2, -0.15) is 0 Å². The average molecular weight is 434 g/mol. The van der Waals surface area contributed by atoms with Crippen molar-refractivity contribution in [2.75, 3.05) is 11.9 Å². The van der Waals surface area contributed by atoms with E-state index in [4.69, 9.17) is 4.74 Å². The minimum Gasteiger partial charge on any atom is -0.438 e. The Kier molecular flexibility index (Phi) is 5.38. The van der Waals surface area contributed by atoms with Gasteiger partial charge in [0.15, 0.2) is 0 Å². The third-order valence-corrected chi connectivity index (χ3v) is 3.70. The zero-order chi connectivity index (χ0) is 13.7. The lowest BCUT2D eigenvalue weighted by molar-refractivity contribution is 0.458. The van der Waals surface area contributed by atoms with Crippen LogP contribution in [0.1, 0.15) is 13.3 Å². The molecule has 0 aliphatic heterocycles. The molecule has 0 saturated heterocycles. The van der Waals surface area contributed by atoms with Gasteiger partial charge in [-0.15, -0.1) is 0 Å². The van der Waals surface area contributed by atoms with Gasteiger partial charge >= 0.3 is 0 Å². The zero-order valence-corrected chi connectivity index (χ0v) is 14.1. The maximum atomic E-state index is 5.77. The van der Waals surface area contributed by atoms with Gasteiger partial charge in [-0.05, 0) is 63.1 Å². The molecule has 4 nitrogen and oxygen atoms in total. The molecule has 1 aromatic heterocycles. The number of halogens is 2. The Bertz CT molecular complexity index is 565. The number of hydrogen-bond donors (Lipinski definition) is 1. The summed E-state index contributed by atoms with van der Waals surface area (Å²) < 4.78 is 7.62. The van der Waals surface area contributed by atoms with Gasteiger partial charge in [0.05, 0.1) is 0 Å². The molecule has 0 aliphatic carbocycles. The first-order chi connectivity index (χ1) is 9.20. The smallest absolute Gasteiger partial charge is 0.238 e. The Balaban J connectivity index is 2.20. The number of hydrogen-bond acceptors (Lipinski definition) is 4. The zero-order valence-electron chi connectivity index (χ0n) is 10.4. The van der Waals surface area contributed by atoms with Crippen LogP contribution in [0.5, 0.6) is 11.6 Å². The van der Waals surface area contributed by atoms with Crippen LogP contribution in [-0.2, 0) is 0 Å². The highest BCUT2D eigenvalue weighted by Crippen LogP contribution is 2.32. The normalized spacial score (nSPS) is 10.3. The second-order valence-corrected chi connectivity index (χ2v) is 5.87. The Morgan fingerprint density at radius 3 is 2.95 bits per heavy atom. The molecule has 0 unspecified atom stereocenters. The Morgan fingerprint density at radius 2 is 2.21 bits per heavy atom. The topological polar surface area (TPSA) is 47.0 Å². The Hall–Kier alpha value is -0.890. The van der Waals surface area contributed by atoms with Crippen molar-refractivity contribution < 1.29 is 4.74 Å². The number of ether oxygens (including phenoxy) is 1. The van der Waals surface area contributed by atoms with Gasteiger partial charge in [0.25, 0.3) is 0 Å². The van der Waals surface area contributed by atoms with Crippen LogP contribution < -0.4 is 10.1 Å². The summed E-state index contributed by atoms with van der Waals surface area (Å²) in [5, 5.41) is 3.22. The van der Waals surface area contributed by atoms with E-state index < -0.39 is 0 Å². The summed E-state index contributed by atoms with van der Waals surface area (Å²) >= 11 is 5.72. The van der Waals surface area contributed by atoms with Crippen LogP contribution in [0.2, 0.25) is 0 Å². The average Bonchev–Trinajstić information content (AvgIpc) is 2.40. The highest BCUT2D eigenvalue weighted by molar-refractivity contribution is 14.1. The van der Waals surface area contributed by atoms with Crippen molar-refractivity contribution in [1.82, 2.24) is 9.97 Å². The Morgan fingerprint density at radius 1 is 1.37 bits per heavy atom. The minimum absolute atomic E-state index is 0.510. The molecule has 0 fully saturated rings. The molecule has 0 saturated carbocycles. The van der Waals surface area contributed by atoms with Crippen molar-refractivity contribution >= 4 is 44.3 Å². The summed E-state index contributed by atoms with van der Waals surface area (Å²) in [4.78, 5) is 8.33. The van der Waals surface area contributed by atoms with Crippen LogP contribution in [0.3, 0.4) is 0 Å². The molecule has 19 heavy (non-hydrogen) atoms. The first-order valence-electron chi connectivity index (χ1n) is 5.88. The van der Waals surface area contributed by atoms with Gasteiger partial charge < -0.3 is 10.1 Å². The third-order valence-electron chi connectivity index (χ3n) is 2.31. The van der Waals surface area contributed by atoms with Gasteiger partial charge in [0.2, 0.25) is 5.88 Å². The van der Waals surface area contributed by atoms with E-state index in [1.165, 1.54) is 6.33 Å². The molecule has 1 N–H and O–H groups in total. The molecule has 0 radical (unpaired) electrons. The molecular weight excluding hydrogens is 421 g/mol. The van der Waals surface area contributed by atoms with Crippen molar-refractivity contribution in [2.24, 2.45) is 0 Å². The second-order valence-electron chi connectivity index (χ2n) is 3.83. The first-order valence-corrected chi connectivity index (χ1v) is 7.75. The van der Waals surface area contributed by atoms with Crippen LogP contribution in [0.25, 0.3) is 0 Å². The largest absolute Gasteiger partial charge is 0.438 e. The van der Waals surface area contributed by atoms with E-state index in [2.05, 4.69) is 60.7 Å². The summed E-state index contributed by atoms with van der Waals surface area (Å²) in [6.45, 7) is 2.96. The van der Waals surface area contributed by atoms with Crippen LogP contribution in [0, 0.1) is 3.57 Å². The van der Waals surface area contributed by atoms with Gasteiger partial charge in [0, 0.05) is 10.1 Å². The van der Waals surface area contributed by atoms with E-state index in [0.29, 0.717) is 5.88 Å². The molecule has 0 aliphatic rings. The van der Waals surface area contributed by atoms with E-state index in [0.717, 1.165) is 32.6 Å². The van der Waals surface area contributed by atoms with E-state index in [1.807, 2.05) is 24.3 Å². The highest BCUT2D eigenvalue weighted by atomic mass is 127. The molecule has 2 rings (SSSR count). The summed E-state index contributed by atoms with van der Waals surface area (Å²) in [7, 11) is 0. The summed E-state index contributed by atoms with van der Waals surface area (Å²) in [5.41, 5.74) is 0. The fourth-order valence-corrected chi connectivity index (χ4v) is 2.37. The lowest BCUT2D eigenvalue weighted by Crippen LogP contribution is -2.04. The molecule has 2 aromatic rings. The number of nitrogens with zero attached hydrogens (tertiary/aromatic N) is 2. The lowest BCUT2D eigenvalue weighted by Gasteiger charge is -2.10. The first kappa shape index (κ1) is 14.5. The van der Waals surface area contributed by atoms with Crippen molar-refractivity contribution in [2.45, 2.75) is 13.3 Å². The fraction of sp³-hybridized carbons (Fsp3) is 0.231. The second kappa shape index (κ2) is 7.04. The maximum Gasteiger partial charge on any atom is 0.238 e. The fourth-order valence-electron chi connectivity index (χ4n) is 1.43. The molecule has 0 spiro atoms. The van der Waals surface area contributed by atoms with Gasteiger partial charge in [0.1, 0.15) is 22.4 Å². The monoisotopic (exact) mass is 433 g/mol. The molecule has 0 bridgehead atoms. The standard InChI is InChI=1S/C13H13BrIN3O/c1-2-6-16-12-11(14)13(18-8-17-12)19-10-5-3-4-9(15)7-10/h3-5,7-8H,2,6H2,1H3,(H,16,17,18). The minimum atomic E-state index is 0.510. The van der Waals surface area contributed by atoms with Gasteiger partial charge in [-0.1, -0.05) is 13.0 Å². The maximum absolute atomic E-state index is 5.77. The number of nitrogens with one attached hydrogen (secondary N) is 1. The highest BCUT2D eigenvalue weighted by Gasteiger charge is 2.10. The van der Waals surface area contributed by atoms with Gasteiger partial charge in [-0.25, -0.2) is 9.97 Å². The predicted molar refractivity (Wildman–Crippen MR) is 87.7 cm³/mol. The van der Waals surface area contributed by atoms with Crippen molar-refractivity contribution in [3.05, 3.63) is 38.6 Å². The number of rotatable bonds is 5. The molecule has 0 amide bonds. The van der Waals surface area contributed by atoms with Crippen LogP contribution in [-0.4, -0.2) is 16.5 Å². The third kappa shape index (κ3) is 4.04. The summed E-state index contributed by atoms with van der Waals surface area (Å²) in [5.74, 6) is 2.01. The van der Waals surface area contributed by atoms with Crippen molar-refractivity contribution in [3.63, 3.8) is 0 Å². The van der Waals surface area contributed by atoms with Crippen LogP contribution in [0.4, 0.5) is 5.82 Å². The predicted octanol–water partition coefficient (Wildman–Crippen LogP) is 4.46. The quantitative estimate of drug-likeness (QED) is 0.707. The Labute approximate surface area is 134 Å². The summed E-state index contributed by atoms with van der Waals surface area (Å²) in [6, 6.07) is 7.81. The van der Waals surface area contributed by atoms with Crippen molar-refractivity contribution in [1.29, 1.82) is 0 Å². The number of anilines is 1. The van der Waals surface area contributed by atoms with Gasteiger partial charge in [-0.3, -0.25) is 0 Å².